The van der Waals surface area contributed by atoms with Crippen molar-refractivity contribution < 1.29 is 9.15 Å². The fourth-order valence-corrected chi connectivity index (χ4v) is 3.09. The number of nitrogens with two attached hydrogens (primary N) is 1. The topological polar surface area (TPSA) is 89.2 Å². The van der Waals surface area contributed by atoms with Crippen LogP contribution in [0, 0.1) is 11.3 Å². The van der Waals surface area contributed by atoms with Crippen LogP contribution in [0.3, 0.4) is 0 Å². The molecule has 1 atom stereocenters. The molecule has 0 radical (unpaired) electrons. The van der Waals surface area contributed by atoms with Crippen molar-refractivity contribution in [2.75, 3.05) is 0 Å². The van der Waals surface area contributed by atoms with Gasteiger partial charge in [-0.1, -0.05) is 35.9 Å². The Hall–Kier alpha value is -3.23. The summed E-state index contributed by atoms with van der Waals surface area (Å²) in [4.78, 5) is 12.8. The summed E-state index contributed by atoms with van der Waals surface area (Å²) in [5, 5.41) is 10.5. The van der Waals surface area contributed by atoms with E-state index < -0.39 is 5.92 Å². The minimum Gasteiger partial charge on any atom is -0.456 e. The Morgan fingerprint density at radius 3 is 2.56 bits per heavy atom. The zero-order valence-corrected chi connectivity index (χ0v) is 13.6. The molecule has 1 aliphatic heterocycles. The average molecular weight is 351 g/mol. The number of benzene rings is 2. The van der Waals surface area contributed by atoms with Gasteiger partial charge in [0.1, 0.15) is 17.2 Å². The second-order valence-electron chi connectivity index (χ2n) is 5.60. The first kappa shape index (κ1) is 15.3. The van der Waals surface area contributed by atoms with E-state index in [4.69, 9.17) is 26.5 Å². The van der Waals surface area contributed by atoms with Gasteiger partial charge >= 0.3 is 0 Å². The van der Waals surface area contributed by atoms with Crippen LogP contribution in [-0.2, 0) is 0 Å². The Labute approximate surface area is 147 Å². The third-order valence-corrected chi connectivity index (χ3v) is 4.39. The van der Waals surface area contributed by atoms with E-state index >= 15 is 0 Å². The summed E-state index contributed by atoms with van der Waals surface area (Å²) in [6.45, 7) is 0. The zero-order chi connectivity index (χ0) is 17.6. The molecule has 0 aliphatic carbocycles. The van der Waals surface area contributed by atoms with Gasteiger partial charge in [-0.3, -0.25) is 4.79 Å². The minimum atomic E-state index is -0.636. The van der Waals surface area contributed by atoms with E-state index in [-0.39, 0.29) is 28.4 Å². The summed E-state index contributed by atoms with van der Waals surface area (Å²) in [6.07, 6.45) is 0. The van der Waals surface area contributed by atoms with E-state index in [2.05, 4.69) is 6.07 Å². The van der Waals surface area contributed by atoms with Gasteiger partial charge in [0.25, 0.3) is 0 Å². The number of halogens is 1. The van der Waals surface area contributed by atoms with E-state index in [1.54, 1.807) is 48.5 Å². The Balaban J connectivity index is 2.05. The third kappa shape index (κ3) is 2.35. The SMILES string of the molecule is N#CC1=C(N)Oc2c(oc3ccccc3c2=O)C1c1ccc(Cl)cc1. The lowest BCUT2D eigenvalue weighted by molar-refractivity contribution is 0.354. The number of nitrogens with zero attached hydrogens (tertiary/aromatic N) is 1. The van der Waals surface area contributed by atoms with Crippen LogP contribution in [-0.4, -0.2) is 0 Å². The molecule has 5 nitrogen and oxygen atoms in total. The number of fused-ring (bicyclic) bond motifs is 2. The molecular formula is C19H11ClN2O3. The number of hydrogen-bond donors (Lipinski definition) is 1. The van der Waals surface area contributed by atoms with Gasteiger partial charge in [-0.2, -0.15) is 5.26 Å². The molecule has 0 amide bonds. The number of allylic oxidation sites excluding steroid dienone is 1. The normalized spacial score (nSPS) is 16.2. The maximum Gasteiger partial charge on any atom is 0.235 e. The number of rotatable bonds is 1. The zero-order valence-electron chi connectivity index (χ0n) is 12.8. The highest BCUT2D eigenvalue weighted by atomic mass is 35.5. The summed E-state index contributed by atoms with van der Waals surface area (Å²) >= 11 is 5.95. The predicted octanol–water partition coefficient (Wildman–Crippen LogP) is 3.66. The van der Waals surface area contributed by atoms with Crippen molar-refractivity contribution in [3.8, 4) is 11.8 Å². The van der Waals surface area contributed by atoms with Crippen LogP contribution in [0.1, 0.15) is 17.2 Å². The Bertz CT molecular complexity index is 1120. The van der Waals surface area contributed by atoms with Crippen LogP contribution >= 0.6 is 11.6 Å². The van der Waals surface area contributed by atoms with Gasteiger partial charge in [-0.25, -0.2) is 0 Å². The summed E-state index contributed by atoms with van der Waals surface area (Å²) in [7, 11) is 0. The standard InChI is InChI=1S/C19H11ClN2O3/c20-11-7-5-10(6-8-11)15-13(9-21)19(22)25-18-16(23)12-3-1-2-4-14(12)24-17(15)18/h1-8,15H,22H2. The van der Waals surface area contributed by atoms with Crippen LogP contribution in [0.4, 0.5) is 0 Å². The maximum atomic E-state index is 12.8. The Kier molecular flexibility index (Phi) is 3.48. The number of para-hydroxylation sites is 1. The predicted molar refractivity (Wildman–Crippen MR) is 93.2 cm³/mol. The Morgan fingerprint density at radius 1 is 1.12 bits per heavy atom. The molecule has 2 N–H and O–H groups in total. The first-order chi connectivity index (χ1) is 12.1. The average Bonchev–Trinajstić information content (AvgIpc) is 2.63. The number of nitriles is 1. The van der Waals surface area contributed by atoms with Crippen molar-refractivity contribution in [3.63, 3.8) is 0 Å². The molecule has 1 unspecified atom stereocenters. The largest absolute Gasteiger partial charge is 0.456 e. The van der Waals surface area contributed by atoms with Crippen molar-refractivity contribution in [1.82, 2.24) is 0 Å². The molecule has 2 heterocycles. The molecule has 0 saturated heterocycles. The van der Waals surface area contributed by atoms with E-state index in [0.717, 1.165) is 5.56 Å². The monoisotopic (exact) mass is 350 g/mol. The van der Waals surface area contributed by atoms with Crippen molar-refractivity contribution >= 4 is 22.6 Å². The van der Waals surface area contributed by atoms with Crippen LogP contribution < -0.4 is 15.9 Å². The molecule has 1 aliphatic rings. The van der Waals surface area contributed by atoms with Gasteiger partial charge in [0, 0.05) is 5.02 Å². The smallest absolute Gasteiger partial charge is 0.235 e. The lowest BCUT2D eigenvalue weighted by atomic mass is 9.87. The van der Waals surface area contributed by atoms with Gasteiger partial charge in [0.05, 0.1) is 11.3 Å². The first-order valence-electron chi connectivity index (χ1n) is 7.49. The molecule has 0 fully saturated rings. The summed E-state index contributed by atoms with van der Waals surface area (Å²) in [5.41, 5.74) is 6.92. The number of ether oxygens (including phenoxy) is 1. The third-order valence-electron chi connectivity index (χ3n) is 4.13. The van der Waals surface area contributed by atoms with Crippen molar-refractivity contribution in [2.24, 2.45) is 5.73 Å². The molecule has 0 bridgehead atoms. The quantitative estimate of drug-likeness (QED) is 0.723. The highest BCUT2D eigenvalue weighted by Gasteiger charge is 2.35. The fraction of sp³-hybridized carbons (Fsp3) is 0.0526. The van der Waals surface area contributed by atoms with Crippen molar-refractivity contribution in [1.29, 1.82) is 5.26 Å². The first-order valence-corrected chi connectivity index (χ1v) is 7.86. The second kappa shape index (κ2) is 5.69. The molecule has 3 aromatic rings. The summed E-state index contributed by atoms with van der Waals surface area (Å²) in [5.74, 6) is -0.465. The number of hydrogen-bond acceptors (Lipinski definition) is 5. The highest BCUT2D eigenvalue weighted by Crippen LogP contribution is 2.41. The van der Waals surface area contributed by atoms with Gasteiger partial charge in [0.2, 0.25) is 17.1 Å². The van der Waals surface area contributed by atoms with E-state index in [1.165, 1.54) is 0 Å². The van der Waals surface area contributed by atoms with E-state index in [0.29, 0.717) is 16.0 Å². The van der Waals surface area contributed by atoms with Gasteiger partial charge in [-0.15, -0.1) is 0 Å². The molecule has 0 saturated carbocycles. The van der Waals surface area contributed by atoms with Crippen molar-refractivity contribution in [2.45, 2.75) is 5.92 Å². The molecule has 6 heteroatoms. The Morgan fingerprint density at radius 2 is 1.84 bits per heavy atom. The molecule has 1 aromatic heterocycles. The summed E-state index contributed by atoms with van der Waals surface area (Å²) in [6, 6.07) is 15.9. The molecule has 2 aromatic carbocycles. The lowest BCUT2D eigenvalue weighted by Crippen LogP contribution is -2.25. The highest BCUT2D eigenvalue weighted by molar-refractivity contribution is 6.30. The molecule has 0 spiro atoms. The van der Waals surface area contributed by atoms with Crippen LogP contribution in [0.5, 0.6) is 5.75 Å². The van der Waals surface area contributed by atoms with Crippen LogP contribution in [0.2, 0.25) is 5.02 Å². The molecule has 4 rings (SSSR count). The molecule has 122 valence electrons. The lowest BCUT2D eigenvalue weighted by Gasteiger charge is -2.24. The molecule has 25 heavy (non-hydrogen) atoms. The molecular weight excluding hydrogens is 340 g/mol. The van der Waals surface area contributed by atoms with Crippen LogP contribution in [0.25, 0.3) is 11.0 Å². The van der Waals surface area contributed by atoms with E-state index in [9.17, 15) is 10.1 Å². The van der Waals surface area contributed by atoms with E-state index in [1.807, 2.05) is 0 Å². The van der Waals surface area contributed by atoms with Crippen molar-refractivity contribution in [3.05, 3.63) is 86.6 Å². The maximum absolute atomic E-state index is 12.8. The van der Waals surface area contributed by atoms with Gasteiger partial charge in [0.15, 0.2) is 5.76 Å². The van der Waals surface area contributed by atoms with Gasteiger partial charge < -0.3 is 14.9 Å². The van der Waals surface area contributed by atoms with Gasteiger partial charge in [-0.05, 0) is 29.8 Å². The second-order valence-corrected chi connectivity index (χ2v) is 6.03. The fourth-order valence-electron chi connectivity index (χ4n) is 2.96. The summed E-state index contributed by atoms with van der Waals surface area (Å²) < 4.78 is 11.4. The van der Waals surface area contributed by atoms with Crippen LogP contribution in [0.15, 0.2) is 69.2 Å². The minimum absolute atomic E-state index is 0.00940.